The second-order valence-corrected chi connectivity index (χ2v) is 10.00. The van der Waals surface area contributed by atoms with Crippen molar-refractivity contribution in [1.82, 2.24) is 35.1 Å². The van der Waals surface area contributed by atoms with Crippen molar-refractivity contribution in [3.05, 3.63) is 103 Å². The number of benzene rings is 2. The monoisotopic (exact) mass is 572 g/mol. The van der Waals surface area contributed by atoms with Crippen molar-refractivity contribution < 1.29 is 14.2 Å². The number of nitrogens with zero attached hydrogens (tertiary/aromatic N) is 5. The van der Waals surface area contributed by atoms with Crippen LogP contribution in [0.25, 0.3) is 56.1 Å². The first kappa shape index (κ1) is 26.2. The number of aromatic nitrogens is 7. The summed E-state index contributed by atoms with van der Waals surface area (Å²) in [6.07, 6.45) is 4.69. The molecule has 0 spiro atoms. The van der Waals surface area contributed by atoms with E-state index in [1.54, 1.807) is 30.7 Å². The number of hydrogen-bond donors (Lipinski definition) is 4. The van der Waals surface area contributed by atoms with Crippen LogP contribution in [0.5, 0.6) is 5.75 Å². The minimum atomic E-state index is -0.781. The van der Waals surface area contributed by atoms with Crippen molar-refractivity contribution in [2.75, 3.05) is 12.4 Å². The van der Waals surface area contributed by atoms with Crippen molar-refractivity contribution in [3.8, 4) is 39.8 Å². The number of hydrogen-bond acceptors (Lipinski definition) is 8. The summed E-state index contributed by atoms with van der Waals surface area (Å²) in [6, 6.07) is 21.7. The number of halogens is 1. The fraction of sp³-hybridized carbons (Fsp3) is 0.0938. The third kappa shape index (κ3) is 5.24. The molecular weight excluding hydrogens is 547 g/mol. The van der Waals surface area contributed by atoms with Gasteiger partial charge in [-0.1, -0.05) is 30.3 Å². The molecule has 5 heterocycles. The van der Waals surface area contributed by atoms with E-state index in [1.165, 1.54) is 19.2 Å². The largest absolute Gasteiger partial charge is 0.497 e. The quantitative estimate of drug-likeness (QED) is 0.169. The number of aromatic amines is 2. The summed E-state index contributed by atoms with van der Waals surface area (Å²) in [5.41, 5.74) is 7.33. The predicted molar refractivity (Wildman–Crippen MR) is 162 cm³/mol. The van der Waals surface area contributed by atoms with Gasteiger partial charge in [-0.15, -0.1) is 0 Å². The van der Waals surface area contributed by atoms with Gasteiger partial charge >= 0.3 is 0 Å². The van der Waals surface area contributed by atoms with Gasteiger partial charge in [-0.05, 0) is 42.0 Å². The molecule has 0 radical (unpaired) electrons. The fourth-order valence-corrected chi connectivity index (χ4v) is 5.04. The standard InChI is InChI=1S/C32H25FN8O2/c1-43-23-14-19(12-21(33)15-23)28-29-25(9-10-35-28)38-32(39-29)31-30-26(40-41-31)8-7-24(37-30)20-13-22(17-34-16-20)36-27(42)11-18-5-3-2-4-6-18/h2-10,12-17,27,36,42H,11H2,1H3,(H,38,39)(H,40,41). The molecule has 0 aliphatic carbocycles. The van der Waals surface area contributed by atoms with Gasteiger partial charge in [-0.2, -0.15) is 5.10 Å². The Morgan fingerprint density at radius 2 is 1.77 bits per heavy atom. The van der Waals surface area contributed by atoms with E-state index in [9.17, 15) is 9.50 Å². The Kier molecular flexibility index (Phi) is 6.68. The average molecular weight is 573 g/mol. The van der Waals surface area contributed by atoms with Crippen LogP contribution >= 0.6 is 0 Å². The highest BCUT2D eigenvalue weighted by atomic mass is 19.1. The summed E-state index contributed by atoms with van der Waals surface area (Å²) in [7, 11) is 1.49. The smallest absolute Gasteiger partial charge is 0.161 e. The lowest BCUT2D eigenvalue weighted by Gasteiger charge is -2.14. The number of pyridine rings is 3. The molecular formula is C32H25FN8O2. The van der Waals surface area contributed by atoms with Gasteiger partial charge in [0.05, 0.1) is 41.4 Å². The zero-order valence-corrected chi connectivity index (χ0v) is 22.9. The van der Waals surface area contributed by atoms with Crippen molar-refractivity contribution in [2.45, 2.75) is 12.6 Å². The Hall–Kier alpha value is -5.68. The number of rotatable bonds is 8. The van der Waals surface area contributed by atoms with Crippen LogP contribution in [0.3, 0.4) is 0 Å². The van der Waals surface area contributed by atoms with Crippen LogP contribution in [0.15, 0.2) is 91.4 Å². The highest BCUT2D eigenvalue weighted by Crippen LogP contribution is 2.32. The summed E-state index contributed by atoms with van der Waals surface area (Å²) in [4.78, 5) is 21.8. The second kappa shape index (κ2) is 11.0. The fourth-order valence-electron chi connectivity index (χ4n) is 5.04. The summed E-state index contributed by atoms with van der Waals surface area (Å²) in [5, 5.41) is 21.2. The Bertz CT molecular complexity index is 2080. The number of anilines is 1. The van der Waals surface area contributed by atoms with E-state index in [2.05, 4.69) is 30.5 Å². The van der Waals surface area contributed by atoms with Crippen LogP contribution in [-0.4, -0.2) is 53.6 Å². The molecule has 0 saturated carbocycles. The zero-order chi connectivity index (χ0) is 29.3. The van der Waals surface area contributed by atoms with Gasteiger partial charge in [0.1, 0.15) is 28.8 Å². The van der Waals surface area contributed by atoms with Crippen LogP contribution in [0.2, 0.25) is 0 Å². The summed E-state index contributed by atoms with van der Waals surface area (Å²) >= 11 is 0. The lowest BCUT2D eigenvalue weighted by molar-refractivity contribution is 0.204. The van der Waals surface area contributed by atoms with Crippen molar-refractivity contribution >= 4 is 27.8 Å². The summed E-state index contributed by atoms with van der Waals surface area (Å²) < 4.78 is 19.5. The normalized spacial score (nSPS) is 12.1. The maximum Gasteiger partial charge on any atom is 0.161 e. The molecule has 0 saturated heterocycles. The summed E-state index contributed by atoms with van der Waals surface area (Å²) in [6.45, 7) is 0. The van der Waals surface area contributed by atoms with Gasteiger partial charge in [0, 0.05) is 36.0 Å². The number of nitrogens with one attached hydrogen (secondary N) is 3. The third-order valence-corrected chi connectivity index (χ3v) is 7.05. The molecule has 0 aliphatic rings. The predicted octanol–water partition coefficient (Wildman–Crippen LogP) is 5.75. The number of aliphatic hydroxyl groups is 1. The van der Waals surface area contributed by atoms with Crippen LogP contribution in [0.1, 0.15) is 5.56 Å². The minimum absolute atomic E-state index is 0.388. The Balaban J connectivity index is 1.21. The Labute approximate surface area is 244 Å². The third-order valence-electron chi connectivity index (χ3n) is 7.05. The van der Waals surface area contributed by atoms with Gasteiger partial charge in [-0.3, -0.25) is 15.1 Å². The highest BCUT2D eigenvalue weighted by molar-refractivity contribution is 5.95. The van der Waals surface area contributed by atoms with Crippen LogP contribution in [0, 0.1) is 5.82 Å². The molecule has 5 aromatic heterocycles. The van der Waals surface area contributed by atoms with Gasteiger partial charge in [-0.25, -0.2) is 14.4 Å². The van der Waals surface area contributed by atoms with Gasteiger partial charge in [0.15, 0.2) is 11.5 Å². The number of imidazole rings is 1. The topological polar surface area (TPSA) is 138 Å². The number of aliphatic hydroxyl groups excluding tert-OH is 1. The minimum Gasteiger partial charge on any atom is -0.497 e. The van der Waals surface area contributed by atoms with E-state index in [0.717, 1.165) is 16.6 Å². The van der Waals surface area contributed by atoms with Crippen LogP contribution in [0.4, 0.5) is 10.1 Å². The second-order valence-electron chi connectivity index (χ2n) is 10.00. The first-order chi connectivity index (χ1) is 21.0. The highest BCUT2D eigenvalue weighted by Gasteiger charge is 2.18. The molecule has 1 atom stereocenters. The molecule has 7 rings (SSSR count). The lowest BCUT2D eigenvalue weighted by Crippen LogP contribution is -2.21. The molecule has 10 nitrogen and oxygen atoms in total. The molecule has 0 fully saturated rings. The number of fused-ring (bicyclic) bond motifs is 2. The average Bonchev–Trinajstić information content (AvgIpc) is 3.65. The van der Waals surface area contributed by atoms with Crippen LogP contribution < -0.4 is 10.1 Å². The van der Waals surface area contributed by atoms with Gasteiger partial charge < -0.3 is 20.1 Å². The molecule has 0 aliphatic heterocycles. The first-order valence-corrected chi connectivity index (χ1v) is 13.5. The molecule has 212 valence electrons. The van der Waals surface area contributed by atoms with E-state index in [4.69, 9.17) is 14.7 Å². The van der Waals surface area contributed by atoms with E-state index >= 15 is 0 Å². The maximum atomic E-state index is 14.3. The van der Waals surface area contributed by atoms with Gasteiger partial charge in [0.25, 0.3) is 0 Å². The molecule has 7 aromatic rings. The number of ether oxygens (including phenoxy) is 1. The number of methoxy groups -OCH3 is 1. The first-order valence-electron chi connectivity index (χ1n) is 13.5. The molecule has 11 heteroatoms. The van der Waals surface area contributed by atoms with E-state index in [0.29, 0.717) is 62.9 Å². The van der Waals surface area contributed by atoms with Gasteiger partial charge in [0.2, 0.25) is 0 Å². The van der Waals surface area contributed by atoms with Crippen molar-refractivity contribution in [1.29, 1.82) is 0 Å². The molecule has 4 N–H and O–H groups in total. The molecule has 0 amide bonds. The van der Waals surface area contributed by atoms with E-state index < -0.39 is 12.0 Å². The van der Waals surface area contributed by atoms with E-state index in [1.807, 2.05) is 48.5 Å². The van der Waals surface area contributed by atoms with Crippen molar-refractivity contribution in [2.24, 2.45) is 0 Å². The lowest BCUT2D eigenvalue weighted by atomic mass is 10.1. The van der Waals surface area contributed by atoms with Crippen molar-refractivity contribution in [3.63, 3.8) is 0 Å². The Morgan fingerprint density at radius 3 is 2.63 bits per heavy atom. The molecule has 2 aromatic carbocycles. The summed E-state index contributed by atoms with van der Waals surface area (Å²) in [5.74, 6) is 0.443. The molecule has 0 bridgehead atoms. The van der Waals surface area contributed by atoms with Crippen LogP contribution in [-0.2, 0) is 6.42 Å². The van der Waals surface area contributed by atoms with E-state index in [-0.39, 0.29) is 0 Å². The maximum absolute atomic E-state index is 14.3. The molecule has 43 heavy (non-hydrogen) atoms. The number of H-pyrrole nitrogens is 2. The SMILES string of the molecule is COc1cc(F)cc(-c2nccc3[nH]c(-c4n[nH]c5ccc(-c6cncc(NC(O)Cc7ccccc7)c6)nc45)nc23)c1. The molecule has 1 unspecified atom stereocenters. The Morgan fingerprint density at radius 1 is 0.907 bits per heavy atom. The zero-order valence-electron chi connectivity index (χ0n) is 22.9.